The molecule has 0 N–H and O–H groups in total. The molecule has 1 rings (SSSR count). The number of hydrogen-bond acceptors (Lipinski definition) is 1. The van der Waals surface area contributed by atoms with Crippen molar-refractivity contribution in [3.8, 4) is 0 Å². The first-order chi connectivity index (χ1) is 5.04. The average molecular weight is 240 g/mol. The lowest BCUT2D eigenvalue weighted by Crippen LogP contribution is -1.70. The van der Waals surface area contributed by atoms with Gasteiger partial charge in [-0.2, -0.15) is 0 Å². The van der Waals surface area contributed by atoms with Crippen LogP contribution in [0.2, 0.25) is 0 Å². The van der Waals surface area contributed by atoms with Crippen LogP contribution >= 0.6 is 31.9 Å². The summed E-state index contributed by atoms with van der Waals surface area (Å²) in [6.45, 7) is 0. The molecule has 0 saturated heterocycles. The highest BCUT2D eigenvalue weighted by Gasteiger charge is 1.84. The number of halogens is 2. The molecule has 0 radical (unpaired) electrons. The standard InChI is InChI=1S/C5H3Br2N/c6-4-1-2-5(7)8-3-4/h1-3H/i1D,2D,3D. The third-order valence-corrected chi connectivity index (χ3v) is 1.28. The predicted molar refractivity (Wildman–Crippen MR) is 39.6 cm³/mol. The van der Waals surface area contributed by atoms with Gasteiger partial charge in [0.2, 0.25) is 0 Å². The summed E-state index contributed by atoms with van der Waals surface area (Å²) < 4.78 is 22.3. The highest BCUT2D eigenvalue weighted by molar-refractivity contribution is 9.11. The molecule has 1 heterocycles. The molecule has 0 amide bonds. The second kappa shape index (κ2) is 2.60. The first-order valence-electron chi connectivity index (χ1n) is 3.33. The fraction of sp³-hybridized carbons (Fsp3) is 0. The van der Waals surface area contributed by atoms with Gasteiger partial charge in [-0.05, 0) is 43.9 Å². The van der Waals surface area contributed by atoms with E-state index in [1.165, 1.54) is 0 Å². The third-order valence-electron chi connectivity index (χ3n) is 0.528. The first kappa shape index (κ1) is 3.32. The van der Waals surface area contributed by atoms with Gasteiger partial charge in [0.15, 0.2) is 0 Å². The lowest BCUT2D eigenvalue weighted by atomic mass is 10.5. The van der Waals surface area contributed by atoms with E-state index in [9.17, 15) is 0 Å². The lowest BCUT2D eigenvalue weighted by Gasteiger charge is -1.86. The smallest absolute Gasteiger partial charge is 0.106 e. The number of hydrogen-bond donors (Lipinski definition) is 0. The van der Waals surface area contributed by atoms with Gasteiger partial charge >= 0.3 is 0 Å². The van der Waals surface area contributed by atoms with Crippen LogP contribution in [0.15, 0.2) is 27.3 Å². The predicted octanol–water partition coefficient (Wildman–Crippen LogP) is 2.61. The van der Waals surface area contributed by atoms with E-state index in [0.29, 0.717) is 0 Å². The van der Waals surface area contributed by atoms with E-state index in [4.69, 9.17) is 4.11 Å². The number of pyridine rings is 1. The minimum absolute atomic E-state index is 0.00660. The van der Waals surface area contributed by atoms with Crippen LogP contribution in [0.5, 0.6) is 0 Å². The first-order valence-corrected chi connectivity index (χ1v) is 3.41. The van der Waals surface area contributed by atoms with Gasteiger partial charge in [-0.25, -0.2) is 4.98 Å². The van der Waals surface area contributed by atoms with Crippen LogP contribution < -0.4 is 0 Å². The number of rotatable bonds is 0. The molecule has 0 aromatic carbocycles. The van der Waals surface area contributed by atoms with Crippen molar-refractivity contribution in [2.45, 2.75) is 0 Å². The highest BCUT2D eigenvalue weighted by Crippen LogP contribution is 2.10. The average Bonchev–Trinajstić information content (AvgIpc) is 1.97. The Balaban J connectivity index is 3.46. The normalized spacial score (nSPS) is 14.5. The maximum atomic E-state index is 7.30. The molecule has 0 fully saturated rings. The van der Waals surface area contributed by atoms with Gasteiger partial charge in [0.25, 0.3) is 0 Å². The maximum absolute atomic E-state index is 7.30. The zero-order valence-corrected chi connectivity index (χ0v) is 6.88. The molecular weight excluding hydrogens is 234 g/mol. The molecule has 42 valence electrons. The lowest BCUT2D eigenvalue weighted by molar-refractivity contribution is 1.26. The van der Waals surface area contributed by atoms with E-state index >= 15 is 0 Å². The molecule has 0 aliphatic carbocycles. The topological polar surface area (TPSA) is 12.9 Å². The van der Waals surface area contributed by atoms with Crippen molar-refractivity contribution in [3.63, 3.8) is 0 Å². The second-order valence-corrected chi connectivity index (χ2v) is 2.62. The van der Waals surface area contributed by atoms with Gasteiger partial charge in [0, 0.05) is 10.6 Å². The van der Waals surface area contributed by atoms with Crippen molar-refractivity contribution in [1.82, 2.24) is 4.98 Å². The van der Waals surface area contributed by atoms with E-state index in [1.807, 2.05) is 0 Å². The van der Waals surface area contributed by atoms with E-state index in [2.05, 4.69) is 36.8 Å². The van der Waals surface area contributed by atoms with Gasteiger partial charge in [0.05, 0.1) is 4.11 Å². The number of nitrogens with zero attached hydrogens (tertiary/aromatic N) is 1. The highest BCUT2D eigenvalue weighted by atomic mass is 79.9. The van der Waals surface area contributed by atoms with Crippen LogP contribution in [-0.2, 0) is 0 Å². The summed E-state index contributed by atoms with van der Waals surface area (Å²) in [5.41, 5.74) is 0. The molecule has 1 nitrogen and oxygen atoms in total. The van der Waals surface area contributed by atoms with Crippen LogP contribution in [0.3, 0.4) is 0 Å². The largest absolute Gasteiger partial charge is 0.248 e. The zero-order valence-electron chi connectivity index (χ0n) is 6.70. The summed E-state index contributed by atoms with van der Waals surface area (Å²) in [5, 5.41) is 0. The summed E-state index contributed by atoms with van der Waals surface area (Å²) in [7, 11) is 0. The van der Waals surface area contributed by atoms with Crippen molar-refractivity contribution in [1.29, 1.82) is 0 Å². The van der Waals surface area contributed by atoms with Gasteiger partial charge in [-0.15, -0.1) is 0 Å². The Bertz CT molecular complexity index is 276. The zero-order chi connectivity index (χ0) is 8.59. The minimum Gasteiger partial charge on any atom is -0.248 e. The summed E-state index contributed by atoms with van der Waals surface area (Å²) >= 11 is 5.96. The molecule has 3 heteroatoms. The Kier molecular flexibility index (Phi) is 1.08. The van der Waals surface area contributed by atoms with Crippen molar-refractivity contribution >= 4 is 31.9 Å². The minimum atomic E-state index is -0.0297. The quantitative estimate of drug-likeness (QED) is 0.635. The van der Waals surface area contributed by atoms with Crippen LogP contribution in [0.1, 0.15) is 4.11 Å². The fourth-order valence-electron chi connectivity index (χ4n) is 0.261. The van der Waals surface area contributed by atoms with Crippen LogP contribution in [-0.4, -0.2) is 4.98 Å². The van der Waals surface area contributed by atoms with Gasteiger partial charge < -0.3 is 0 Å². The molecule has 0 saturated carbocycles. The number of aromatic nitrogens is 1. The Labute approximate surface area is 68.6 Å². The Morgan fingerprint density at radius 1 is 1.50 bits per heavy atom. The molecule has 0 spiro atoms. The monoisotopic (exact) mass is 238 g/mol. The Hall–Kier alpha value is 0.110. The van der Waals surface area contributed by atoms with Gasteiger partial charge in [0.1, 0.15) is 4.60 Å². The van der Waals surface area contributed by atoms with Gasteiger partial charge in [-0.3, -0.25) is 0 Å². The Morgan fingerprint density at radius 2 is 2.25 bits per heavy atom. The maximum Gasteiger partial charge on any atom is 0.106 e. The Morgan fingerprint density at radius 3 is 3.00 bits per heavy atom. The molecule has 0 aliphatic rings. The molecule has 0 bridgehead atoms. The van der Waals surface area contributed by atoms with Crippen LogP contribution in [0.25, 0.3) is 0 Å². The molecule has 8 heavy (non-hydrogen) atoms. The molecule has 0 unspecified atom stereocenters. The molecule has 1 aromatic rings. The van der Waals surface area contributed by atoms with Crippen molar-refractivity contribution < 1.29 is 4.11 Å². The van der Waals surface area contributed by atoms with E-state index in [0.717, 1.165) is 0 Å². The van der Waals surface area contributed by atoms with Crippen molar-refractivity contribution in [3.05, 3.63) is 27.3 Å². The SMILES string of the molecule is [2H]c1nc(Br)c([2H])c([2H])c1Br. The van der Waals surface area contributed by atoms with Crippen molar-refractivity contribution in [2.75, 3.05) is 0 Å². The van der Waals surface area contributed by atoms with E-state index in [-0.39, 0.29) is 27.3 Å². The summed E-state index contributed by atoms with van der Waals surface area (Å²) in [6.07, 6.45) is -0.0297. The molecule has 0 atom stereocenters. The van der Waals surface area contributed by atoms with E-state index in [1.54, 1.807) is 0 Å². The summed E-state index contributed by atoms with van der Waals surface area (Å²) in [6, 6.07) is -0.0234. The molecular formula is C5H3Br2N. The fourth-order valence-corrected chi connectivity index (χ4v) is 0.636. The van der Waals surface area contributed by atoms with Gasteiger partial charge in [-0.1, -0.05) is 0 Å². The van der Waals surface area contributed by atoms with Crippen molar-refractivity contribution in [2.24, 2.45) is 0 Å². The molecule has 0 aliphatic heterocycles. The molecule has 1 aromatic heterocycles. The summed E-state index contributed by atoms with van der Waals surface area (Å²) in [4.78, 5) is 3.66. The van der Waals surface area contributed by atoms with Crippen LogP contribution in [0, 0.1) is 0 Å². The van der Waals surface area contributed by atoms with Crippen LogP contribution in [0.4, 0.5) is 0 Å². The summed E-state index contributed by atoms with van der Waals surface area (Å²) in [5.74, 6) is 0. The third kappa shape index (κ3) is 1.56. The second-order valence-electron chi connectivity index (χ2n) is 1.08. The van der Waals surface area contributed by atoms with E-state index < -0.39 is 0 Å².